The molecule has 2 rings (SSSR count). The zero-order valence-corrected chi connectivity index (χ0v) is 8.42. The summed E-state index contributed by atoms with van der Waals surface area (Å²) in [6.45, 7) is 0.908. The second-order valence-electron chi connectivity index (χ2n) is 3.75. The summed E-state index contributed by atoms with van der Waals surface area (Å²) in [6.07, 6.45) is 6.55. The first kappa shape index (κ1) is 10.5. The standard InChI is InChI=1S/C11H13F2N2/c12-11(13,10-5-4-6-14-9-10)15-7-2-1-3-8-15/h4-6H,1-3,7-8H2. The summed E-state index contributed by atoms with van der Waals surface area (Å²) in [4.78, 5) is 4.83. The van der Waals surface area contributed by atoms with Crippen LogP contribution in [0.15, 0.2) is 18.3 Å². The molecule has 81 valence electrons. The molecular formula is C11H13F2N2. The van der Waals surface area contributed by atoms with Crippen LogP contribution in [0.3, 0.4) is 0 Å². The number of alkyl halides is 2. The minimum Gasteiger partial charge on any atom is -0.254 e. The topological polar surface area (TPSA) is 16.1 Å². The predicted molar refractivity (Wildman–Crippen MR) is 52.4 cm³/mol. The molecule has 4 heteroatoms. The third kappa shape index (κ3) is 2.15. The van der Waals surface area contributed by atoms with Crippen LogP contribution in [0.4, 0.5) is 8.78 Å². The van der Waals surface area contributed by atoms with Crippen molar-refractivity contribution in [1.29, 1.82) is 0 Å². The first-order chi connectivity index (χ1) is 7.21. The Balaban J connectivity index is 2.18. The molecule has 0 aliphatic carbocycles. The van der Waals surface area contributed by atoms with Crippen molar-refractivity contribution in [2.75, 3.05) is 13.1 Å². The Bertz CT molecular complexity index is 308. The fourth-order valence-electron chi connectivity index (χ4n) is 1.84. The summed E-state index contributed by atoms with van der Waals surface area (Å²) in [7, 11) is 0. The Kier molecular flexibility index (Phi) is 2.95. The minimum absolute atomic E-state index is 0.132. The number of nitrogens with zero attached hydrogens (tertiary/aromatic N) is 2. The molecule has 0 aromatic carbocycles. The van der Waals surface area contributed by atoms with Crippen LogP contribution in [0, 0.1) is 6.20 Å². The third-order valence-corrected chi connectivity index (χ3v) is 2.69. The van der Waals surface area contributed by atoms with Crippen LogP contribution in [0.5, 0.6) is 0 Å². The molecule has 1 fully saturated rings. The molecule has 1 aliphatic rings. The molecule has 0 amide bonds. The highest BCUT2D eigenvalue weighted by atomic mass is 19.3. The summed E-state index contributed by atoms with van der Waals surface area (Å²) >= 11 is 0. The van der Waals surface area contributed by atoms with Crippen LogP contribution >= 0.6 is 0 Å². The molecule has 1 aromatic heterocycles. The predicted octanol–water partition coefficient (Wildman–Crippen LogP) is 2.42. The zero-order chi connectivity index (χ0) is 10.7. The average Bonchev–Trinajstić information content (AvgIpc) is 2.31. The number of hydrogen-bond acceptors (Lipinski definition) is 2. The normalized spacial score (nSPS) is 19.1. The highest BCUT2D eigenvalue weighted by Gasteiger charge is 2.39. The van der Waals surface area contributed by atoms with Crippen LogP contribution in [-0.4, -0.2) is 23.0 Å². The van der Waals surface area contributed by atoms with E-state index >= 15 is 0 Å². The SMILES string of the molecule is FC(F)(c1[c]nccc1)N1CCCCC1. The Labute approximate surface area is 87.9 Å². The first-order valence-electron chi connectivity index (χ1n) is 5.17. The van der Waals surface area contributed by atoms with Gasteiger partial charge in [0.05, 0.1) is 11.8 Å². The fraction of sp³-hybridized carbons (Fsp3) is 0.545. The lowest BCUT2D eigenvalue weighted by molar-refractivity contribution is -0.161. The lowest BCUT2D eigenvalue weighted by Crippen LogP contribution is -2.42. The van der Waals surface area contributed by atoms with Gasteiger partial charge >= 0.3 is 6.05 Å². The number of halogens is 2. The lowest BCUT2D eigenvalue weighted by atomic mass is 10.1. The van der Waals surface area contributed by atoms with Crippen LogP contribution in [0.25, 0.3) is 0 Å². The summed E-state index contributed by atoms with van der Waals surface area (Å²) in [5.41, 5.74) is -0.132. The molecule has 15 heavy (non-hydrogen) atoms. The Morgan fingerprint density at radius 1 is 1.27 bits per heavy atom. The van der Waals surface area contributed by atoms with Crippen molar-refractivity contribution in [3.63, 3.8) is 0 Å². The van der Waals surface area contributed by atoms with E-state index < -0.39 is 6.05 Å². The maximum absolute atomic E-state index is 13.9. The van der Waals surface area contributed by atoms with Gasteiger partial charge in [-0.15, -0.1) is 0 Å². The molecule has 0 atom stereocenters. The van der Waals surface area contributed by atoms with Gasteiger partial charge in [-0.2, -0.15) is 8.78 Å². The van der Waals surface area contributed by atoms with E-state index in [1.807, 2.05) is 0 Å². The van der Waals surface area contributed by atoms with Crippen molar-refractivity contribution in [3.8, 4) is 0 Å². The second-order valence-corrected chi connectivity index (χ2v) is 3.75. The van der Waals surface area contributed by atoms with Crippen LogP contribution in [-0.2, 0) is 6.05 Å². The molecule has 1 saturated heterocycles. The third-order valence-electron chi connectivity index (χ3n) is 2.69. The molecule has 0 saturated carbocycles. The monoisotopic (exact) mass is 211 g/mol. The highest BCUT2D eigenvalue weighted by Crippen LogP contribution is 2.33. The van der Waals surface area contributed by atoms with Gasteiger partial charge in [0.25, 0.3) is 0 Å². The first-order valence-corrected chi connectivity index (χ1v) is 5.17. The van der Waals surface area contributed by atoms with E-state index in [9.17, 15) is 8.78 Å². The van der Waals surface area contributed by atoms with E-state index in [1.165, 1.54) is 23.2 Å². The van der Waals surface area contributed by atoms with Gasteiger partial charge in [-0.1, -0.05) is 6.42 Å². The van der Waals surface area contributed by atoms with Crippen molar-refractivity contribution >= 4 is 0 Å². The number of piperidine rings is 1. The quantitative estimate of drug-likeness (QED) is 0.698. The van der Waals surface area contributed by atoms with Gasteiger partial charge in [0.15, 0.2) is 0 Å². The van der Waals surface area contributed by atoms with Gasteiger partial charge in [-0.25, -0.2) is 4.90 Å². The van der Waals surface area contributed by atoms with Gasteiger partial charge in [-0.05, 0) is 25.0 Å². The summed E-state index contributed by atoms with van der Waals surface area (Å²) in [5.74, 6) is 0. The number of hydrogen-bond donors (Lipinski definition) is 0. The van der Waals surface area contributed by atoms with Gasteiger partial charge in [0, 0.05) is 19.3 Å². The smallest absolute Gasteiger partial charge is 0.254 e. The summed E-state index contributed by atoms with van der Waals surface area (Å²) in [5, 5.41) is 0. The van der Waals surface area contributed by atoms with Crippen LogP contribution < -0.4 is 0 Å². The second kappa shape index (κ2) is 4.23. The average molecular weight is 211 g/mol. The molecular weight excluding hydrogens is 198 g/mol. The van der Waals surface area contributed by atoms with Gasteiger partial charge < -0.3 is 0 Å². The Hall–Kier alpha value is -1.03. The van der Waals surface area contributed by atoms with E-state index in [2.05, 4.69) is 11.2 Å². The minimum atomic E-state index is -2.92. The summed E-state index contributed by atoms with van der Waals surface area (Å²) in [6, 6.07) is -0.0278. The van der Waals surface area contributed by atoms with Crippen molar-refractivity contribution in [2.24, 2.45) is 0 Å². The molecule has 2 heterocycles. The fourth-order valence-corrected chi connectivity index (χ4v) is 1.84. The number of pyridine rings is 1. The maximum Gasteiger partial charge on any atom is 0.333 e. The molecule has 0 spiro atoms. The van der Waals surface area contributed by atoms with E-state index in [0.29, 0.717) is 13.1 Å². The maximum atomic E-state index is 13.9. The lowest BCUT2D eigenvalue weighted by Gasteiger charge is -2.33. The Morgan fingerprint density at radius 2 is 2.00 bits per heavy atom. The zero-order valence-electron chi connectivity index (χ0n) is 8.42. The molecule has 0 N–H and O–H groups in total. The summed E-state index contributed by atoms with van der Waals surface area (Å²) < 4.78 is 27.8. The van der Waals surface area contributed by atoms with Gasteiger partial charge in [0.1, 0.15) is 0 Å². The largest absolute Gasteiger partial charge is 0.333 e. The van der Waals surface area contributed by atoms with Crippen LogP contribution in [0.1, 0.15) is 24.8 Å². The van der Waals surface area contributed by atoms with Gasteiger partial charge in [0.2, 0.25) is 0 Å². The van der Waals surface area contributed by atoms with E-state index in [4.69, 9.17) is 0 Å². The highest BCUT2D eigenvalue weighted by molar-refractivity contribution is 5.13. The molecule has 0 bridgehead atoms. The number of rotatable bonds is 2. The van der Waals surface area contributed by atoms with Crippen molar-refractivity contribution in [3.05, 3.63) is 30.1 Å². The number of likely N-dealkylation sites (tertiary alicyclic amines) is 1. The Morgan fingerprint density at radius 3 is 2.60 bits per heavy atom. The molecule has 2 nitrogen and oxygen atoms in total. The molecule has 1 aromatic rings. The van der Waals surface area contributed by atoms with Gasteiger partial charge in [-0.3, -0.25) is 4.98 Å². The van der Waals surface area contributed by atoms with Crippen LogP contribution in [0.2, 0.25) is 0 Å². The number of aromatic nitrogens is 1. The van der Waals surface area contributed by atoms with E-state index in [-0.39, 0.29) is 5.56 Å². The van der Waals surface area contributed by atoms with E-state index in [1.54, 1.807) is 0 Å². The van der Waals surface area contributed by atoms with Crippen molar-refractivity contribution < 1.29 is 8.78 Å². The molecule has 0 unspecified atom stereocenters. The van der Waals surface area contributed by atoms with E-state index in [0.717, 1.165) is 19.3 Å². The molecule has 1 aliphatic heterocycles. The van der Waals surface area contributed by atoms with Crippen molar-refractivity contribution in [2.45, 2.75) is 25.3 Å². The van der Waals surface area contributed by atoms with Crippen molar-refractivity contribution in [1.82, 2.24) is 9.88 Å². The molecule has 1 radical (unpaired) electrons.